The highest BCUT2D eigenvalue weighted by molar-refractivity contribution is 6.14. The lowest BCUT2D eigenvalue weighted by molar-refractivity contribution is -0.138. The molecule has 20 heteroatoms. The molecule has 0 unspecified atom stereocenters. The van der Waals surface area contributed by atoms with Gasteiger partial charge >= 0.3 is 12.4 Å². The van der Waals surface area contributed by atoms with Gasteiger partial charge in [0.2, 0.25) is 0 Å². The molecular weight excluding hydrogens is 1010 g/mol. The zero-order chi connectivity index (χ0) is 54.7. The smallest absolute Gasteiger partial charge is 0.308 e. The highest BCUT2D eigenvalue weighted by Gasteiger charge is 2.36. The fraction of sp³-hybridized carbons (Fsp3) is 0.172. The van der Waals surface area contributed by atoms with E-state index < -0.39 is 23.5 Å². The van der Waals surface area contributed by atoms with Crippen molar-refractivity contribution in [2.45, 2.75) is 67.7 Å². The van der Waals surface area contributed by atoms with Gasteiger partial charge in [0, 0.05) is 49.4 Å². The van der Waals surface area contributed by atoms with Crippen molar-refractivity contribution in [1.29, 1.82) is 0 Å². The summed E-state index contributed by atoms with van der Waals surface area (Å²) in [6, 6.07) is 28.3. The molecule has 0 radical (unpaired) electrons. The van der Waals surface area contributed by atoms with E-state index in [1.54, 1.807) is 88.8 Å². The molecule has 0 spiro atoms. The number of alkyl halides is 6. The summed E-state index contributed by atoms with van der Waals surface area (Å²) in [7, 11) is 0. The van der Waals surface area contributed by atoms with Crippen LogP contribution >= 0.6 is 0 Å². The monoisotopic (exact) mass is 1050 g/mol. The zero-order valence-corrected chi connectivity index (χ0v) is 42.9. The Balaban J connectivity index is 1.29. The lowest BCUT2D eigenvalue weighted by Crippen LogP contribution is -2.12. The van der Waals surface area contributed by atoms with Crippen LogP contribution in [0.2, 0.25) is 0 Å². The number of rotatable bonds is 7. The molecule has 6 aromatic heterocycles. The summed E-state index contributed by atoms with van der Waals surface area (Å²) >= 11 is 0. The van der Waals surface area contributed by atoms with Crippen molar-refractivity contribution in [3.05, 3.63) is 167 Å². The molecule has 12 rings (SSSR count). The molecule has 0 bridgehead atoms. The Morgan fingerprint density at radius 2 is 0.577 bits per heavy atom. The van der Waals surface area contributed by atoms with Crippen LogP contribution in [0, 0.1) is 55.4 Å². The molecule has 0 aliphatic carbocycles. The number of hydrogen-bond acceptors (Lipinski definition) is 12. The van der Waals surface area contributed by atoms with E-state index >= 15 is 26.3 Å². The van der Waals surface area contributed by atoms with Gasteiger partial charge in [0.15, 0.2) is 23.3 Å². The van der Waals surface area contributed by atoms with Crippen LogP contribution < -0.4 is 0 Å². The van der Waals surface area contributed by atoms with E-state index in [4.69, 9.17) is 0 Å². The topological polar surface area (TPSA) is 165 Å². The maximum Gasteiger partial charge on any atom is 0.416 e. The van der Waals surface area contributed by atoms with Gasteiger partial charge in [-0.15, -0.1) is 0 Å². The van der Waals surface area contributed by atoms with E-state index in [0.717, 1.165) is 24.3 Å². The molecule has 386 valence electrons. The SMILES string of the molecule is Cc1nc(C)nc(-c2ccc3c4ccc(-c5nc(C)nc(C)n5)cc4n(-c4cc(C(F)(F)F)cc(-n5c6cc(-c7nc(C)nc(C)n7)ccc6c6ccc(-c7nc(C)nc(C)n7)cc65)c4-c4cccc(C(F)(F)F)c4)c3c2)n1. The van der Waals surface area contributed by atoms with Crippen molar-refractivity contribution in [1.82, 2.24) is 68.9 Å². The number of aryl methyl sites for hydroxylation is 8. The van der Waals surface area contributed by atoms with Gasteiger partial charge in [-0.3, -0.25) is 0 Å². The lowest BCUT2D eigenvalue weighted by Gasteiger charge is -2.23. The van der Waals surface area contributed by atoms with Gasteiger partial charge in [0.1, 0.15) is 46.6 Å². The normalized spacial score (nSPS) is 12.2. The first-order valence-electron chi connectivity index (χ1n) is 24.5. The van der Waals surface area contributed by atoms with Crippen molar-refractivity contribution >= 4 is 43.6 Å². The minimum atomic E-state index is -5.01. The molecule has 0 aliphatic rings. The predicted octanol–water partition coefficient (Wildman–Crippen LogP) is 13.5. The summed E-state index contributed by atoms with van der Waals surface area (Å²) in [5, 5.41) is 2.43. The van der Waals surface area contributed by atoms with Crippen LogP contribution in [-0.4, -0.2) is 68.9 Å². The van der Waals surface area contributed by atoms with Gasteiger partial charge in [-0.2, -0.15) is 26.3 Å². The minimum absolute atomic E-state index is 0.0238. The van der Waals surface area contributed by atoms with Crippen LogP contribution in [0.1, 0.15) is 57.7 Å². The zero-order valence-electron chi connectivity index (χ0n) is 42.9. The molecule has 14 nitrogen and oxygen atoms in total. The van der Waals surface area contributed by atoms with E-state index in [2.05, 4.69) is 59.8 Å². The van der Waals surface area contributed by atoms with Crippen LogP contribution in [0.5, 0.6) is 0 Å². The molecule has 78 heavy (non-hydrogen) atoms. The molecule has 0 fully saturated rings. The lowest BCUT2D eigenvalue weighted by atomic mass is 9.96. The molecule has 0 N–H and O–H groups in total. The molecule has 6 aromatic carbocycles. The Morgan fingerprint density at radius 1 is 0.295 bits per heavy atom. The summed E-state index contributed by atoms with van der Waals surface area (Å²) in [5.41, 5.74) is 1.28. The van der Waals surface area contributed by atoms with Gasteiger partial charge in [-0.1, -0.05) is 60.7 Å². The number of nitrogens with zero attached hydrogens (tertiary/aromatic N) is 14. The first-order chi connectivity index (χ1) is 37.1. The fourth-order valence-corrected chi connectivity index (χ4v) is 10.4. The Kier molecular flexibility index (Phi) is 11.5. The average molecular weight is 1050 g/mol. The van der Waals surface area contributed by atoms with Crippen molar-refractivity contribution in [2.24, 2.45) is 0 Å². The molecule has 6 heterocycles. The van der Waals surface area contributed by atoms with E-state index in [9.17, 15) is 0 Å². The maximum absolute atomic E-state index is 16.2. The van der Waals surface area contributed by atoms with E-state index in [-0.39, 0.29) is 22.5 Å². The van der Waals surface area contributed by atoms with Crippen molar-refractivity contribution in [2.75, 3.05) is 0 Å². The third kappa shape index (κ3) is 8.77. The average Bonchev–Trinajstić information content (AvgIpc) is 4.11. The molecular formula is C58H42F6N14. The number of benzene rings is 6. The van der Waals surface area contributed by atoms with Gasteiger partial charge in [0.25, 0.3) is 0 Å². The Bertz CT molecular complexity index is 3940. The number of aromatic nitrogens is 14. The maximum atomic E-state index is 16.2. The quantitative estimate of drug-likeness (QED) is 0.139. The van der Waals surface area contributed by atoms with Gasteiger partial charge < -0.3 is 9.13 Å². The largest absolute Gasteiger partial charge is 0.416 e. The van der Waals surface area contributed by atoms with Crippen LogP contribution in [0.3, 0.4) is 0 Å². The molecule has 0 saturated heterocycles. The fourth-order valence-electron chi connectivity index (χ4n) is 10.4. The Morgan fingerprint density at radius 3 is 0.846 bits per heavy atom. The third-order valence-electron chi connectivity index (χ3n) is 13.4. The van der Waals surface area contributed by atoms with Crippen LogP contribution in [-0.2, 0) is 12.4 Å². The number of fused-ring (bicyclic) bond motifs is 6. The van der Waals surface area contributed by atoms with E-state index in [0.29, 0.717) is 136 Å². The molecule has 12 aromatic rings. The van der Waals surface area contributed by atoms with Gasteiger partial charge in [0.05, 0.1) is 44.6 Å². The summed E-state index contributed by atoms with van der Waals surface area (Å²) in [6.07, 6.45) is -9.86. The number of halogens is 6. The van der Waals surface area contributed by atoms with Crippen LogP contribution in [0.4, 0.5) is 26.3 Å². The minimum Gasteiger partial charge on any atom is -0.308 e. The summed E-state index contributed by atoms with van der Waals surface area (Å²) in [5.74, 6) is 4.78. The first-order valence-corrected chi connectivity index (χ1v) is 24.5. The van der Waals surface area contributed by atoms with Gasteiger partial charge in [-0.05, 0) is 109 Å². The number of hydrogen-bond donors (Lipinski definition) is 0. The first kappa shape index (κ1) is 49.4. The van der Waals surface area contributed by atoms with Crippen molar-refractivity contribution in [3.8, 4) is 68.1 Å². The molecule has 0 aliphatic heterocycles. The summed E-state index contributed by atoms with van der Waals surface area (Å²) in [6.45, 7) is 13.8. The van der Waals surface area contributed by atoms with Crippen molar-refractivity contribution < 1.29 is 26.3 Å². The standard InChI is InChI=1S/C58H42F6N14/c1-27-65-28(2)70-53(69-27)36-12-16-42-43-17-13-37(54-71-29(3)66-30(4)72-54)22-47(43)77(46(42)21-36)50-25-41(58(62,63)64)26-51(52(50)35-10-9-11-40(20-35)57(59,60)61)78-48-23-38(55-73-31(5)67-32(6)74-55)14-18-44(48)45-19-15-39(24-49(45)78)56-75-33(7)68-34(8)76-56/h9-26H,1-8H3. The second-order valence-electron chi connectivity index (χ2n) is 19.1. The van der Waals surface area contributed by atoms with Crippen molar-refractivity contribution in [3.63, 3.8) is 0 Å². The molecule has 0 atom stereocenters. The second kappa shape index (κ2) is 18.1. The summed E-state index contributed by atoms with van der Waals surface area (Å²) in [4.78, 5) is 54.5. The van der Waals surface area contributed by atoms with Gasteiger partial charge in [-0.25, -0.2) is 59.8 Å². The highest BCUT2D eigenvalue weighted by atomic mass is 19.4. The predicted molar refractivity (Wildman–Crippen MR) is 284 cm³/mol. The molecule has 0 saturated carbocycles. The third-order valence-corrected chi connectivity index (χ3v) is 13.4. The van der Waals surface area contributed by atoms with Crippen LogP contribution in [0.25, 0.3) is 112 Å². The Hall–Kier alpha value is -9.46. The highest BCUT2D eigenvalue weighted by Crippen LogP contribution is 2.47. The molecule has 0 amide bonds. The summed E-state index contributed by atoms with van der Waals surface area (Å²) < 4.78 is 97.3. The Labute approximate surface area is 440 Å². The van der Waals surface area contributed by atoms with Crippen LogP contribution in [0.15, 0.2) is 109 Å². The van der Waals surface area contributed by atoms with E-state index in [1.807, 2.05) is 48.5 Å². The second-order valence-corrected chi connectivity index (χ2v) is 19.1. The van der Waals surface area contributed by atoms with E-state index in [1.165, 1.54) is 12.1 Å².